The summed E-state index contributed by atoms with van der Waals surface area (Å²) in [6, 6.07) is 0. The van der Waals surface area contributed by atoms with E-state index in [4.69, 9.17) is 4.74 Å². The average Bonchev–Trinajstić information content (AvgIpc) is 2.66. The van der Waals surface area contributed by atoms with Crippen molar-refractivity contribution in [2.45, 2.75) is 65.0 Å². The van der Waals surface area contributed by atoms with Gasteiger partial charge in [-0.05, 0) is 60.0 Å². The van der Waals surface area contributed by atoms with Crippen LogP contribution in [-0.2, 0) is 9.53 Å². The predicted molar refractivity (Wildman–Crippen MR) is 78.2 cm³/mol. The maximum Gasteiger partial charge on any atom is 0.327 e. The highest BCUT2D eigenvalue weighted by Crippen LogP contribution is 2.29. The number of nitrogens with zero attached hydrogens (tertiary/aromatic N) is 1. The van der Waals surface area contributed by atoms with Gasteiger partial charge in [0.1, 0.15) is 5.54 Å². The third-order valence-electron chi connectivity index (χ3n) is 4.07. The fourth-order valence-electron chi connectivity index (χ4n) is 2.72. The Kier molecular flexibility index (Phi) is 5.81. The first-order valence-electron chi connectivity index (χ1n) is 7.53. The number of hydrogen-bond donors (Lipinski definition) is 1. The molecule has 19 heavy (non-hydrogen) atoms. The highest BCUT2D eigenvalue weighted by molar-refractivity contribution is 5.80. The van der Waals surface area contributed by atoms with E-state index in [1.54, 1.807) is 0 Å². The first-order valence-corrected chi connectivity index (χ1v) is 7.53. The molecular formula is C15H30N2O2. The number of rotatable bonds is 7. The van der Waals surface area contributed by atoms with Gasteiger partial charge in [-0.2, -0.15) is 0 Å². The van der Waals surface area contributed by atoms with Crippen LogP contribution in [0.1, 0.15) is 53.9 Å². The zero-order valence-corrected chi connectivity index (χ0v) is 13.2. The molecule has 0 amide bonds. The molecule has 0 aromatic rings. The molecule has 1 aliphatic heterocycles. The van der Waals surface area contributed by atoms with Crippen LogP contribution < -0.4 is 5.32 Å². The molecule has 0 aromatic carbocycles. The largest absolute Gasteiger partial charge is 0.465 e. The number of ether oxygens (including phenoxy) is 1. The summed E-state index contributed by atoms with van der Waals surface area (Å²) < 4.78 is 5.25. The number of carbonyl (C=O) groups excluding carboxylic acids is 1. The van der Waals surface area contributed by atoms with Crippen molar-refractivity contribution in [2.24, 2.45) is 0 Å². The third-order valence-corrected chi connectivity index (χ3v) is 4.07. The molecule has 1 N–H and O–H groups in total. The van der Waals surface area contributed by atoms with Crippen molar-refractivity contribution in [3.8, 4) is 0 Å². The van der Waals surface area contributed by atoms with Crippen LogP contribution in [-0.4, -0.2) is 48.2 Å². The van der Waals surface area contributed by atoms with Gasteiger partial charge in [0, 0.05) is 12.1 Å². The summed E-state index contributed by atoms with van der Waals surface area (Å²) in [5, 5.41) is 3.38. The Balaban J connectivity index is 2.76. The average molecular weight is 270 g/mol. The summed E-state index contributed by atoms with van der Waals surface area (Å²) in [5.74, 6) is -0.133. The predicted octanol–water partition coefficient (Wildman–Crippen LogP) is 2.18. The lowest BCUT2D eigenvalue weighted by molar-refractivity contribution is -0.151. The molecule has 1 atom stereocenters. The van der Waals surface area contributed by atoms with Crippen molar-refractivity contribution in [1.29, 1.82) is 0 Å². The standard InChI is InChI=1S/C15H30N2O2/c1-6-10-16-15(5,13(18)19-7-2)12-17-11-8-9-14(17,3)4/h16H,6-12H2,1-5H3. The summed E-state index contributed by atoms with van der Waals surface area (Å²) >= 11 is 0. The molecule has 1 heterocycles. The van der Waals surface area contributed by atoms with E-state index < -0.39 is 5.54 Å². The summed E-state index contributed by atoms with van der Waals surface area (Å²) in [4.78, 5) is 14.7. The van der Waals surface area contributed by atoms with E-state index in [0.717, 1.165) is 26.1 Å². The number of likely N-dealkylation sites (tertiary alicyclic amines) is 1. The van der Waals surface area contributed by atoms with E-state index in [1.807, 2.05) is 13.8 Å². The van der Waals surface area contributed by atoms with Crippen LogP contribution in [0, 0.1) is 0 Å². The SMILES string of the molecule is CCCNC(C)(CN1CCCC1(C)C)C(=O)OCC. The fraction of sp³-hybridized carbons (Fsp3) is 0.933. The van der Waals surface area contributed by atoms with Gasteiger partial charge in [0.15, 0.2) is 0 Å². The van der Waals surface area contributed by atoms with Crippen molar-refractivity contribution < 1.29 is 9.53 Å². The molecule has 0 saturated carbocycles. The number of carbonyl (C=O) groups is 1. The lowest BCUT2D eigenvalue weighted by Gasteiger charge is -2.39. The van der Waals surface area contributed by atoms with E-state index in [9.17, 15) is 4.79 Å². The third kappa shape index (κ3) is 4.18. The first kappa shape index (κ1) is 16.4. The van der Waals surface area contributed by atoms with Crippen molar-refractivity contribution in [2.75, 3.05) is 26.2 Å². The molecule has 4 heteroatoms. The molecule has 4 nitrogen and oxygen atoms in total. The molecule has 1 saturated heterocycles. The van der Waals surface area contributed by atoms with E-state index >= 15 is 0 Å². The highest BCUT2D eigenvalue weighted by Gasteiger charge is 2.41. The molecule has 1 rings (SSSR count). The molecule has 1 aliphatic rings. The van der Waals surface area contributed by atoms with Crippen LogP contribution in [0.4, 0.5) is 0 Å². The summed E-state index contributed by atoms with van der Waals surface area (Å²) in [6.07, 6.45) is 3.41. The number of nitrogens with one attached hydrogen (secondary N) is 1. The Morgan fingerprint density at radius 1 is 1.42 bits per heavy atom. The first-order chi connectivity index (χ1) is 8.85. The normalized spacial score (nSPS) is 22.2. The highest BCUT2D eigenvalue weighted by atomic mass is 16.5. The van der Waals surface area contributed by atoms with Crippen LogP contribution >= 0.6 is 0 Å². The molecule has 0 aliphatic carbocycles. The smallest absolute Gasteiger partial charge is 0.327 e. The monoisotopic (exact) mass is 270 g/mol. The molecule has 0 radical (unpaired) electrons. The molecule has 112 valence electrons. The number of hydrogen-bond acceptors (Lipinski definition) is 4. The maximum absolute atomic E-state index is 12.3. The van der Waals surface area contributed by atoms with Crippen LogP contribution in [0.25, 0.3) is 0 Å². The van der Waals surface area contributed by atoms with Crippen LogP contribution in [0.2, 0.25) is 0 Å². The second-order valence-electron chi connectivity index (χ2n) is 6.32. The van der Waals surface area contributed by atoms with Gasteiger partial charge in [-0.1, -0.05) is 6.92 Å². The second-order valence-corrected chi connectivity index (χ2v) is 6.32. The van der Waals surface area contributed by atoms with Crippen LogP contribution in [0.15, 0.2) is 0 Å². The van der Waals surface area contributed by atoms with Gasteiger partial charge in [-0.25, -0.2) is 0 Å². The second kappa shape index (κ2) is 6.71. The van der Waals surface area contributed by atoms with E-state index in [1.165, 1.54) is 12.8 Å². The Bertz CT molecular complexity index is 305. The van der Waals surface area contributed by atoms with Gasteiger partial charge in [-0.15, -0.1) is 0 Å². The van der Waals surface area contributed by atoms with E-state index in [-0.39, 0.29) is 11.5 Å². The minimum absolute atomic E-state index is 0.133. The van der Waals surface area contributed by atoms with Gasteiger partial charge in [0.25, 0.3) is 0 Å². The van der Waals surface area contributed by atoms with E-state index in [2.05, 4.69) is 31.0 Å². The summed E-state index contributed by atoms with van der Waals surface area (Å²) in [7, 11) is 0. The Labute approximate surface area is 117 Å². The fourth-order valence-corrected chi connectivity index (χ4v) is 2.72. The maximum atomic E-state index is 12.3. The zero-order chi connectivity index (χ0) is 14.5. The minimum Gasteiger partial charge on any atom is -0.465 e. The van der Waals surface area contributed by atoms with Crippen molar-refractivity contribution in [1.82, 2.24) is 10.2 Å². The van der Waals surface area contributed by atoms with Crippen LogP contribution in [0.5, 0.6) is 0 Å². The topological polar surface area (TPSA) is 41.6 Å². The van der Waals surface area contributed by atoms with E-state index in [0.29, 0.717) is 6.61 Å². The van der Waals surface area contributed by atoms with Crippen molar-refractivity contribution in [3.05, 3.63) is 0 Å². The van der Waals surface area contributed by atoms with Crippen molar-refractivity contribution >= 4 is 5.97 Å². The lowest BCUT2D eigenvalue weighted by Crippen LogP contribution is -2.59. The lowest BCUT2D eigenvalue weighted by atomic mass is 9.97. The van der Waals surface area contributed by atoms with Gasteiger partial charge >= 0.3 is 5.97 Å². The minimum atomic E-state index is -0.604. The molecule has 0 bridgehead atoms. The molecule has 1 fully saturated rings. The Hall–Kier alpha value is -0.610. The quantitative estimate of drug-likeness (QED) is 0.720. The Morgan fingerprint density at radius 3 is 2.58 bits per heavy atom. The zero-order valence-electron chi connectivity index (χ0n) is 13.2. The summed E-state index contributed by atoms with van der Waals surface area (Å²) in [5.41, 5.74) is -0.421. The molecular weight excluding hydrogens is 240 g/mol. The molecule has 0 spiro atoms. The van der Waals surface area contributed by atoms with Gasteiger partial charge in [0.05, 0.1) is 6.61 Å². The van der Waals surface area contributed by atoms with Crippen LogP contribution in [0.3, 0.4) is 0 Å². The summed E-state index contributed by atoms with van der Waals surface area (Å²) in [6.45, 7) is 13.5. The van der Waals surface area contributed by atoms with Gasteiger partial charge < -0.3 is 10.1 Å². The van der Waals surface area contributed by atoms with Gasteiger partial charge in [0.2, 0.25) is 0 Å². The molecule has 0 aromatic heterocycles. The van der Waals surface area contributed by atoms with Crippen molar-refractivity contribution in [3.63, 3.8) is 0 Å². The van der Waals surface area contributed by atoms with Gasteiger partial charge in [-0.3, -0.25) is 9.69 Å². The Morgan fingerprint density at radius 2 is 2.11 bits per heavy atom. The molecule has 1 unspecified atom stereocenters. The number of esters is 1.